The van der Waals surface area contributed by atoms with E-state index in [0.29, 0.717) is 25.9 Å². The summed E-state index contributed by atoms with van der Waals surface area (Å²) in [7, 11) is 0. The Morgan fingerprint density at radius 2 is 0.893 bits per heavy atom. The van der Waals surface area contributed by atoms with Gasteiger partial charge in [-0.3, -0.25) is 9.59 Å². The van der Waals surface area contributed by atoms with Crippen LogP contribution >= 0.6 is 0 Å². The number of carbonyl (C=O) groups is 2. The van der Waals surface area contributed by atoms with E-state index in [-0.39, 0.29) is 18.5 Å². The number of rotatable bonds is 44. The highest BCUT2D eigenvalue weighted by atomic mass is 16.5. The Morgan fingerprint density at radius 1 is 0.500 bits per heavy atom. The maximum absolute atomic E-state index is 12.4. The summed E-state index contributed by atoms with van der Waals surface area (Å²) in [6.07, 6.45) is 53.9. The first-order valence-electron chi connectivity index (χ1n) is 24.2. The molecule has 0 heterocycles. The molecule has 1 amide bonds. The molecule has 0 radical (unpaired) electrons. The van der Waals surface area contributed by atoms with Crippen LogP contribution in [-0.4, -0.2) is 47.4 Å². The minimum absolute atomic E-state index is 0.0450. The van der Waals surface area contributed by atoms with Crippen LogP contribution in [-0.2, 0) is 14.3 Å². The van der Waals surface area contributed by atoms with Gasteiger partial charge in [-0.1, -0.05) is 185 Å². The predicted octanol–water partition coefficient (Wildman–Crippen LogP) is 14.1. The lowest BCUT2D eigenvalue weighted by molar-refractivity contribution is -0.143. The molecular weight excluding hydrogens is 695 g/mol. The molecule has 6 nitrogen and oxygen atoms in total. The molecule has 2 unspecified atom stereocenters. The molecule has 0 aromatic carbocycles. The van der Waals surface area contributed by atoms with Crippen LogP contribution in [0.2, 0.25) is 0 Å². The Morgan fingerprint density at radius 3 is 1.41 bits per heavy atom. The van der Waals surface area contributed by atoms with Crippen molar-refractivity contribution in [2.75, 3.05) is 13.2 Å². The molecule has 0 aliphatic rings. The van der Waals surface area contributed by atoms with Gasteiger partial charge in [-0.05, 0) is 83.5 Å². The summed E-state index contributed by atoms with van der Waals surface area (Å²) < 4.78 is 5.43. The molecule has 0 saturated carbocycles. The number of aliphatic hydroxyl groups excluding tert-OH is 2. The number of nitrogens with one attached hydrogen (secondary N) is 1. The average Bonchev–Trinajstić information content (AvgIpc) is 3.20. The Bertz CT molecular complexity index is 915. The van der Waals surface area contributed by atoms with E-state index in [1.165, 1.54) is 128 Å². The lowest BCUT2D eigenvalue weighted by Gasteiger charge is -2.22. The first-order chi connectivity index (χ1) is 27.5. The molecule has 3 N–H and O–H groups in total. The zero-order valence-corrected chi connectivity index (χ0v) is 37.1. The molecule has 0 aromatic heterocycles. The van der Waals surface area contributed by atoms with E-state index in [9.17, 15) is 19.8 Å². The number of carbonyl (C=O) groups excluding carboxylic acids is 2. The second kappa shape index (κ2) is 45.8. The average molecular weight is 788 g/mol. The van der Waals surface area contributed by atoms with Crippen LogP contribution in [0.25, 0.3) is 0 Å². The monoisotopic (exact) mass is 788 g/mol. The van der Waals surface area contributed by atoms with Gasteiger partial charge in [0.1, 0.15) is 0 Å². The van der Waals surface area contributed by atoms with E-state index in [1.807, 2.05) is 0 Å². The third-order valence-corrected chi connectivity index (χ3v) is 10.9. The smallest absolute Gasteiger partial charge is 0.305 e. The van der Waals surface area contributed by atoms with Gasteiger partial charge in [0.05, 0.1) is 25.4 Å². The van der Waals surface area contributed by atoms with E-state index < -0.39 is 12.1 Å². The molecule has 328 valence electrons. The van der Waals surface area contributed by atoms with Crippen molar-refractivity contribution in [3.63, 3.8) is 0 Å². The molecule has 2 atom stereocenters. The Hall–Kier alpha value is -1.92. The van der Waals surface area contributed by atoms with E-state index in [2.05, 4.69) is 55.6 Å². The molecule has 0 spiro atoms. The maximum atomic E-state index is 12.4. The second-order valence-corrected chi connectivity index (χ2v) is 16.4. The fraction of sp³-hybridized carbons (Fsp3) is 0.840. The third kappa shape index (κ3) is 41.7. The summed E-state index contributed by atoms with van der Waals surface area (Å²) in [6.45, 7) is 4.82. The Labute approximate surface area is 347 Å². The molecule has 56 heavy (non-hydrogen) atoms. The normalized spacial score (nSPS) is 13.0. The summed E-state index contributed by atoms with van der Waals surface area (Å²) in [5, 5.41) is 23.1. The fourth-order valence-corrected chi connectivity index (χ4v) is 7.13. The van der Waals surface area contributed by atoms with Crippen LogP contribution in [0.3, 0.4) is 0 Å². The lowest BCUT2D eigenvalue weighted by atomic mass is 10.0. The molecule has 0 saturated heterocycles. The first kappa shape index (κ1) is 54.1. The van der Waals surface area contributed by atoms with Gasteiger partial charge in [0.2, 0.25) is 5.91 Å². The number of hydrogen-bond acceptors (Lipinski definition) is 5. The van der Waals surface area contributed by atoms with Gasteiger partial charge in [0, 0.05) is 12.8 Å². The molecule has 0 fully saturated rings. The number of unbranched alkanes of at least 4 members (excludes halogenated alkanes) is 27. The fourth-order valence-electron chi connectivity index (χ4n) is 7.13. The van der Waals surface area contributed by atoms with Crippen molar-refractivity contribution in [2.45, 2.75) is 257 Å². The van der Waals surface area contributed by atoms with E-state index in [4.69, 9.17) is 4.74 Å². The maximum Gasteiger partial charge on any atom is 0.305 e. The minimum atomic E-state index is -0.685. The largest absolute Gasteiger partial charge is 0.466 e. The van der Waals surface area contributed by atoms with Crippen molar-refractivity contribution in [1.29, 1.82) is 0 Å². The van der Waals surface area contributed by atoms with E-state index in [0.717, 1.165) is 83.5 Å². The molecular formula is C50H93NO5. The highest BCUT2D eigenvalue weighted by Gasteiger charge is 2.20. The second-order valence-electron chi connectivity index (χ2n) is 16.4. The summed E-state index contributed by atoms with van der Waals surface area (Å²) in [6, 6.07) is -0.566. The van der Waals surface area contributed by atoms with Gasteiger partial charge >= 0.3 is 5.97 Å². The number of amides is 1. The lowest BCUT2D eigenvalue weighted by Crippen LogP contribution is -2.45. The number of ether oxygens (including phenoxy) is 1. The predicted molar refractivity (Wildman–Crippen MR) is 241 cm³/mol. The molecule has 6 heteroatoms. The van der Waals surface area contributed by atoms with E-state index in [1.54, 1.807) is 0 Å². The van der Waals surface area contributed by atoms with Crippen molar-refractivity contribution in [3.8, 4) is 0 Å². The van der Waals surface area contributed by atoms with Crippen molar-refractivity contribution in [3.05, 3.63) is 36.5 Å². The zero-order valence-electron chi connectivity index (χ0n) is 37.1. The summed E-state index contributed by atoms with van der Waals surface area (Å²) in [5.74, 6) is -0.118. The summed E-state index contributed by atoms with van der Waals surface area (Å²) in [4.78, 5) is 24.4. The third-order valence-electron chi connectivity index (χ3n) is 10.9. The first-order valence-corrected chi connectivity index (χ1v) is 24.2. The Kier molecular flexibility index (Phi) is 44.2. The number of esters is 1. The van der Waals surface area contributed by atoms with Gasteiger partial charge in [-0.15, -0.1) is 0 Å². The quantitative estimate of drug-likeness (QED) is 0.0325. The molecule has 0 bridgehead atoms. The van der Waals surface area contributed by atoms with Gasteiger partial charge in [0.15, 0.2) is 0 Å². The molecule has 0 aromatic rings. The van der Waals surface area contributed by atoms with Crippen molar-refractivity contribution < 1.29 is 24.5 Å². The number of allylic oxidation sites excluding steroid dienone is 6. The number of aliphatic hydroxyl groups is 2. The van der Waals surface area contributed by atoms with Crippen LogP contribution in [0.5, 0.6) is 0 Å². The molecule has 0 rings (SSSR count). The van der Waals surface area contributed by atoms with Gasteiger partial charge in [-0.25, -0.2) is 0 Å². The summed E-state index contributed by atoms with van der Waals surface area (Å²) in [5.41, 5.74) is 0. The van der Waals surface area contributed by atoms with Crippen molar-refractivity contribution >= 4 is 11.9 Å². The van der Waals surface area contributed by atoms with Crippen molar-refractivity contribution in [1.82, 2.24) is 5.32 Å². The van der Waals surface area contributed by atoms with Crippen LogP contribution in [0, 0.1) is 0 Å². The highest BCUT2D eigenvalue weighted by molar-refractivity contribution is 5.76. The Balaban J connectivity index is 3.53. The molecule has 0 aliphatic carbocycles. The zero-order chi connectivity index (χ0) is 40.8. The van der Waals surface area contributed by atoms with Gasteiger partial charge in [0.25, 0.3) is 0 Å². The van der Waals surface area contributed by atoms with Crippen LogP contribution in [0.1, 0.15) is 245 Å². The SMILES string of the molecule is CCCCC/C=C\C/C=C\CCCCCCCCCC(=O)OCCCC/C=C\CCCCCCC(=O)NC(CO)C(O)CCCCCCCCCCCCCC. The topological polar surface area (TPSA) is 95.9 Å². The van der Waals surface area contributed by atoms with Crippen molar-refractivity contribution in [2.24, 2.45) is 0 Å². The number of hydrogen-bond donors (Lipinski definition) is 3. The molecule has 0 aliphatic heterocycles. The standard InChI is InChI=1S/C50H93NO5/c1-3-5-7-9-11-13-15-17-18-19-20-21-23-28-32-36-40-44-50(55)56-45-41-37-33-29-25-24-27-31-35-39-43-49(54)51-47(46-52)48(53)42-38-34-30-26-22-16-14-12-10-8-6-4-2/h11,13,17-18,25,29,47-48,52-53H,3-10,12,14-16,19-24,26-28,30-46H2,1-2H3,(H,51,54)/b13-11-,18-17-,29-25-. The van der Waals surface area contributed by atoms with E-state index >= 15 is 0 Å². The van der Waals surface area contributed by atoms with Crippen LogP contribution in [0.15, 0.2) is 36.5 Å². The van der Waals surface area contributed by atoms with Gasteiger partial charge in [-0.2, -0.15) is 0 Å². The highest BCUT2D eigenvalue weighted by Crippen LogP contribution is 2.15. The van der Waals surface area contributed by atoms with Crippen LogP contribution in [0.4, 0.5) is 0 Å². The minimum Gasteiger partial charge on any atom is -0.466 e. The summed E-state index contributed by atoms with van der Waals surface area (Å²) >= 11 is 0. The van der Waals surface area contributed by atoms with Gasteiger partial charge < -0.3 is 20.3 Å². The van der Waals surface area contributed by atoms with Crippen LogP contribution < -0.4 is 5.32 Å².